The average molecular weight is 284 g/mol. The molecule has 2 aliphatic rings. The van der Waals surface area contributed by atoms with Gasteiger partial charge in [-0.3, -0.25) is 0 Å². The number of hydrogen-bond donors (Lipinski definition) is 4. The van der Waals surface area contributed by atoms with Gasteiger partial charge in [0.05, 0.1) is 0 Å². The first-order valence-electron chi connectivity index (χ1n) is 6.33. The first-order chi connectivity index (χ1) is 7.61. The Hall–Kier alpha value is 0.489. The molecule has 2 fully saturated rings. The summed E-state index contributed by atoms with van der Waals surface area (Å²) in [6.45, 7) is 0. The van der Waals surface area contributed by atoms with Crippen molar-refractivity contribution in [3.8, 4) is 0 Å². The Morgan fingerprint density at radius 1 is 0.588 bits per heavy atom. The van der Waals surface area contributed by atoms with Crippen molar-refractivity contribution in [2.24, 2.45) is 0 Å². The molecule has 2 aliphatic carbocycles. The van der Waals surface area contributed by atoms with Gasteiger partial charge in [0.2, 0.25) is 0 Å². The topological polar surface area (TPSA) is 80.9 Å². The van der Waals surface area contributed by atoms with Gasteiger partial charge >= 0.3 is 14.2 Å². The second-order valence-electron chi connectivity index (χ2n) is 4.92. The predicted octanol–water partition coefficient (Wildman–Crippen LogP) is 0.804. The molecular weight excluding hydrogens is 262 g/mol. The minimum absolute atomic E-state index is 0. The van der Waals surface area contributed by atoms with Gasteiger partial charge < -0.3 is 20.1 Å². The Balaban J connectivity index is 0.000000284. The third-order valence-electron chi connectivity index (χ3n) is 3.64. The Morgan fingerprint density at radius 2 is 0.824 bits per heavy atom. The molecule has 2 saturated carbocycles. The van der Waals surface area contributed by atoms with Crippen molar-refractivity contribution in [1.29, 1.82) is 0 Å². The summed E-state index contributed by atoms with van der Waals surface area (Å²) in [5, 5.41) is 34.4. The van der Waals surface area contributed by atoms with Gasteiger partial charge in [0, 0.05) is 17.1 Å². The molecule has 0 atom stereocenters. The van der Waals surface area contributed by atoms with Crippen LogP contribution in [0.3, 0.4) is 0 Å². The number of hydrogen-bond acceptors (Lipinski definition) is 4. The van der Waals surface area contributed by atoms with E-state index >= 15 is 0 Å². The van der Waals surface area contributed by atoms with Crippen LogP contribution in [0, 0.1) is 0 Å². The van der Waals surface area contributed by atoms with Gasteiger partial charge in [-0.1, -0.05) is 51.4 Å². The maximum atomic E-state index is 8.61. The molecule has 0 aromatic carbocycles. The van der Waals surface area contributed by atoms with Gasteiger partial charge in [-0.2, -0.15) is 0 Å². The summed E-state index contributed by atoms with van der Waals surface area (Å²) >= 11 is 0. The molecule has 0 aromatic rings. The van der Waals surface area contributed by atoms with Crippen molar-refractivity contribution in [2.45, 2.75) is 63.0 Å². The predicted molar refractivity (Wildman–Crippen MR) is 64.8 cm³/mol. The normalized spacial score (nSPS) is 20.5. The molecule has 0 aromatic heterocycles. The van der Waals surface area contributed by atoms with E-state index < -0.39 is 14.2 Å². The summed E-state index contributed by atoms with van der Waals surface area (Å²) in [6, 6.07) is 0. The van der Waals surface area contributed by atoms with Crippen LogP contribution in [0.15, 0.2) is 0 Å². The van der Waals surface area contributed by atoms with E-state index in [1.54, 1.807) is 0 Å². The molecule has 0 saturated heterocycles. The summed E-state index contributed by atoms with van der Waals surface area (Å²) in [5.74, 6) is 0.352. The van der Waals surface area contributed by atoms with Crippen LogP contribution in [0.1, 0.15) is 51.4 Å². The summed E-state index contributed by atoms with van der Waals surface area (Å²) in [5.41, 5.74) is 0. The van der Waals surface area contributed by atoms with E-state index in [1.165, 1.54) is 25.7 Å². The van der Waals surface area contributed by atoms with Crippen molar-refractivity contribution in [3.63, 3.8) is 0 Å². The van der Waals surface area contributed by atoms with Gasteiger partial charge in [-0.05, 0) is 11.6 Å². The smallest absolute Gasteiger partial charge is 0.427 e. The van der Waals surface area contributed by atoms with E-state index in [2.05, 4.69) is 0 Å². The van der Waals surface area contributed by atoms with Crippen molar-refractivity contribution < 1.29 is 37.2 Å². The molecule has 100 valence electrons. The van der Waals surface area contributed by atoms with Crippen molar-refractivity contribution in [2.75, 3.05) is 0 Å². The van der Waals surface area contributed by atoms with Crippen LogP contribution in [-0.4, -0.2) is 34.3 Å². The largest absolute Gasteiger partial charge is 0.454 e. The van der Waals surface area contributed by atoms with E-state index in [9.17, 15) is 0 Å². The van der Waals surface area contributed by atoms with Gasteiger partial charge in [0.15, 0.2) is 0 Å². The Kier molecular flexibility index (Phi) is 9.69. The zero-order valence-electron chi connectivity index (χ0n) is 10.1. The van der Waals surface area contributed by atoms with E-state index in [0.717, 1.165) is 25.7 Å². The molecule has 0 unspecified atom stereocenters. The van der Waals surface area contributed by atoms with Crippen molar-refractivity contribution in [1.82, 2.24) is 0 Å². The first-order valence-corrected chi connectivity index (χ1v) is 6.33. The average Bonchev–Trinajstić information content (AvgIpc) is 2.93. The molecule has 0 spiro atoms. The third-order valence-corrected chi connectivity index (χ3v) is 3.64. The summed E-state index contributed by atoms with van der Waals surface area (Å²) in [7, 11) is -2.12. The molecule has 0 radical (unpaired) electrons. The number of rotatable bonds is 2. The maximum Gasteiger partial charge on any atom is 0.454 e. The van der Waals surface area contributed by atoms with E-state index in [0.29, 0.717) is 0 Å². The maximum absolute atomic E-state index is 8.61. The van der Waals surface area contributed by atoms with Crippen LogP contribution in [0.25, 0.3) is 0 Å². The second-order valence-corrected chi connectivity index (χ2v) is 4.92. The molecule has 17 heavy (non-hydrogen) atoms. The van der Waals surface area contributed by atoms with Crippen LogP contribution < -0.4 is 0 Å². The zero-order chi connectivity index (χ0) is 12.0. The van der Waals surface area contributed by atoms with Crippen molar-refractivity contribution >= 4 is 14.2 Å². The van der Waals surface area contributed by atoms with Crippen LogP contribution >= 0.6 is 0 Å². The second kappa shape index (κ2) is 9.42. The minimum Gasteiger partial charge on any atom is -0.427 e. The van der Waals surface area contributed by atoms with E-state index in [-0.39, 0.29) is 28.7 Å². The summed E-state index contributed by atoms with van der Waals surface area (Å²) in [6.07, 6.45) is 8.67. The fourth-order valence-electron chi connectivity index (χ4n) is 2.51. The third kappa shape index (κ3) is 6.84. The van der Waals surface area contributed by atoms with Crippen LogP contribution in [0.2, 0.25) is 11.6 Å². The summed E-state index contributed by atoms with van der Waals surface area (Å²) in [4.78, 5) is 0. The fraction of sp³-hybridized carbons (Fsp3) is 1.00. The molecule has 0 bridgehead atoms. The Labute approximate surface area is 115 Å². The molecule has 4 nitrogen and oxygen atoms in total. The Bertz CT molecular complexity index is 163. The van der Waals surface area contributed by atoms with E-state index in [1.807, 2.05) is 0 Å². The van der Waals surface area contributed by atoms with Crippen LogP contribution in [0.4, 0.5) is 0 Å². The molecule has 0 amide bonds. The minimum atomic E-state index is -1.06. The molecule has 4 N–H and O–H groups in total. The van der Waals surface area contributed by atoms with Gasteiger partial charge in [-0.25, -0.2) is 0 Å². The van der Waals surface area contributed by atoms with Gasteiger partial charge in [0.25, 0.3) is 0 Å². The van der Waals surface area contributed by atoms with Crippen molar-refractivity contribution in [3.05, 3.63) is 0 Å². The molecular formula is C10H22B2FeO4. The monoisotopic (exact) mass is 284 g/mol. The standard InChI is InChI=1S/2C5H11BO2.Fe/c2*7-6(8)5-3-1-2-4-5;/h2*5,7-8H,1-4H2;. The van der Waals surface area contributed by atoms with Gasteiger partial charge in [0.1, 0.15) is 0 Å². The van der Waals surface area contributed by atoms with E-state index in [4.69, 9.17) is 20.1 Å². The SMILES string of the molecule is OB(O)C1CCCC1.OB(O)C1CCCC1.[Fe]. The zero-order valence-corrected chi connectivity index (χ0v) is 11.2. The van der Waals surface area contributed by atoms with Gasteiger partial charge in [-0.15, -0.1) is 0 Å². The molecule has 0 heterocycles. The quantitative estimate of drug-likeness (QED) is 0.565. The summed E-state index contributed by atoms with van der Waals surface area (Å²) < 4.78 is 0. The molecule has 7 heteroatoms. The van der Waals surface area contributed by atoms with Crippen LogP contribution in [0.5, 0.6) is 0 Å². The van der Waals surface area contributed by atoms with Crippen LogP contribution in [-0.2, 0) is 17.1 Å². The molecule has 0 aliphatic heterocycles. The molecule has 2 rings (SSSR count). The fourth-order valence-corrected chi connectivity index (χ4v) is 2.51. The Morgan fingerprint density at radius 3 is 0.941 bits per heavy atom. The first kappa shape index (κ1) is 17.5.